The average Bonchev–Trinajstić information content (AvgIpc) is 3.38. The van der Waals surface area contributed by atoms with E-state index in [1.54, 1.807) is 11.8 Å². The topological polar surface area (TPSA) is 134 Å². The maximum absolute atomic E-state index is 12.7. The van der Waals surface area contributed by atoms with Crippen molar-refractivity contribution in [2.45, 2.75) is 32.1 Å². The van der Waals surface area contributed by atoms with Crippen LogP contribution in [0.25, 0.3) is 11.0 Å². The molecule has 2 unspecified atom stereocenters. The van der Waals surface area contributed by atoms with Crippen molar-refractivity contribution in [2.24, 2.45) is 11.7 Å². The van der Waals surface area contributed by atoms with Crippen molar-refractivity contribution in [3.05, 3.63) is 41.7 Å². The molecule has 3 aromatic rings. The standard InChI is InChI=1S/C19H23N7O2/c1-11-21-19(25-24-11)13-10-26(9-12(13)18(20)28)17(27)8-4-7-16-22-14-5-2-3-6-15(14)23-16/h2-3,5-6,12-13H,4,7-10H2,1H3,(H2,20,28)(H,22,23)(H,21,24,25). The van der Waals surface area contributed by atoms with Crippen LogP contribution in [-0.4, -0.2) is 55.0 Å². The smallest absolute Gasteiger partial charge is 0.223 e. The van der Waals surface area contributed by atoms with Gasteiger partial charge in [0.15, 0.2) is 5.82 Å². The average molecular weight is 381 g/mol. The van der Waals surface area contributed by atoms with Gasteiger partial charge in [-0.15, -0.1) is 0 Å². The summed E-state index contributed by atoms with van der Waals surface area (Å²) < 4.78 is 0. The molecule has 2 atom stereocenters. The maximum atomic E-state index is 12.7. The number of fused-ring (bicyclic) bond motifs is 1. The predicted molar refractivity (Wildman–Crippen MR) is 102 cm³/mol. The zero-order valence-electron chi connectivity index (χ0n) is 15.7. The molecule has 1 aromatic carbocycles. The quantitative estimate of drug-likeness (QED) is 0.586. The van der Waals surface area contributed by atoms with Gasteiger partial charge in [-0.25, -0.2) is 9.97 Å². The van der Waals surface area contributed by atoms with E-state index in [1.807, 2.05) is 24.3 Å². The highest BCUT2D eigenvalue weighted by Crippen LogP contribution is 2.31. The molecule has 4 N–H and O–H groups in total. The number of para-hydroxylation sites is 2. The number of aryl methyl sites for hydroxylation is 2. The van der Waals surface area contributed by atoms with Gasteiger partial charge in [0.05, 0.1) is 22.9 Å². The Kier molecular flexibility index (Phi) is 4.81. The summed E-state index contributed by atoms with van der Waals surface area (Å²) in [6, 6.07) is 7.85. The van der Waals surface area contributed by atoms with E-state index < -0.39 is 11.8 Å². The number of aromatic amines is 2. The second kappa shape index (κ2) is 7.41. The molecule has 9 heteroatoms. The molecule has 0 spiro atoms. The molecule has 28 heavy (non-hydrogen) atoms. The Morgan fingerprint density at radius 2 is 2.07 bits per heavy atom. The van der Waals surface area contributed by atoms with E-state index in [4.69, 9.17) is 5.73 Å². The second-order valence-electron chi connectivity index (χ2n) is 7.25. The lowest BCUT2D eigenvalue weighted by atomic mass is 9.95. The molecule has 1 fully saturated rings. The van der Waals surface area contributed by atoms with Crippen LogP contribution in [0.1, 0.15) is 36.2 Å². The Bertz CT molecular complexity index is 976. The van der Waals surface area contributed by atoms with E-state index in [-0.39, 0.29) is 11.8 Å². The van der Waals surface area contributed by atoms with Crippen LogP contribution < -0.4 is 5.73 Å². The van der Waals surface area contributed by atoms with E-state index in [2.05, 4.69) is 25.1 Å². The minimum atomic E-state index is -0.463. The van der Waals surface area contributed by atoms with Crippen LogP contribution in [0.15, 0.2) is 24.3 Å². The number of nitrogens with two attached hydrogens (primary N) is 1. The molecule has 1 aliphatic heterocycles. The lowest BCUT2D eigenvalue weighted by Gasteiger charge is -2.15. The van der Waals surface area contributed by atoms with Gasteiger partial charge in [0.25, 0.3) is 0 Å². The molecular formula is C19H23N7O2. The lowest BCUT2D eigenvalue weighted by Crippen LogP contribution is -2.32. The molecule has 2 amide bonds. The third kappa shape index (κ3) is 3.60. The number of hydrogen-bond acceptors (Lipinski definition) is 5. The number of nitrogens with zero attached hydrogens (tertiary/aromatic N) is 4. The molecule has 0 bridgehead atoms. The van der Waals surface area contributed by atoms with Crippen LogP contribution in [0.4, 0.5) is 0 Å². The molecule has 0 radical (unpaired) electrons. The van der Waals surface area contributed by atoms with E-state index in [9.17, 15) is 9.59 Å². The Morgan fingerprint density at radius 1 is 1.25 bits per heavy atom. The van der Waals surface area contributed by atoms with Crippen molar-refractivity contribution in [3.8, 4) is 0 Å². The number of H-pyrrole nitrogens is 2. The normalized spacial score (nSPS) is 19.4. The first-order valence-corrected chi connectivity index (χ1v) is 9.41. The van der Waals surface area contributed by atoms with Crippen molar-refractivity contribution >= 4 is 22.8 Å². The Labute approximate surface area is 161 Å². The first-order chi connectivity index (χ1) is 13.5. The summed E-state index contributed by atoms with van der Waals surface area (Å²) in [4.78, 5) is 38.3. The van der Waals surface area contributed by atoms with Crippen LogP contribution in [-0.2, 0) is 16.0 Å². The largest absolute Gasteiger partial charge is 0.369 e. The second-order valence-corrected chi connectivity index (χ2v) is 7.25. The highest BCUT2D eigenvalue weighted by molar-refractivity contribution is 5.82. The lowest BCUT2D eigenvalue weighted by molar-refractivity contribution is -0.130. The van der Waals surface area contributed by atoms with Gasteiger partial charge in [-0.2, -0.15) is 5.10 Å². The molecule has 146 valence electrons. The highest BCUT2D eigenvalue weighted by Gasteiger charge is 2.41. The van der Waals surface area contributed by atoms with Crippen LogP contribution in [0.3, 0.4) is 0 Å². The molecule has 1 aliphatic rings. The third-order valence-corrected chi connectivity index (χ3v) is 5.23. The fraction of sp³-hybridized carbons (Fsp3) is 0.421. The number of carbonyl (C=O) groups excluding carboxylic acids is 2. The number of amides is 2. The Balaban J connectivity index is 1.35. The number of aromatic nitrogens is 5. The Morgan fingerprint density at radius 3 is 2.79 bits per heavy atom. The van der Waals surface area contributed by atoms with Crippen LogP contribution >= 0.6 is 0 Å². The SMILES string of the molecule is Cc1nc(C2CN(C(=O)CCCc3nc4ccccc4[nH]3)CC2C(N)=O)n[nH]1. The first kappa shape index (κ1) is 18.1. The fourth-order valence-electron chi connectivity index (χ4n) is 3.77. The van der Waals surface area contributed by atoms with Crippen LogP contribution in [0.5, 0.6) is 0 Å². The molecule has 0 aliphatic carbocycles. The van der Waals surface area contributed by atoms with Crippen LogP contribution in [0, 0.1) is 12.8 Å². The van der Waals surface area contributed by atoms with Gasteiger partial charge in [-0.3, -0.25) is 14.7 Å². The van der Waals surface area contributed by atoms with Crippen LogP contribution in [0.2, 0.25) is 0 Å². The first-order valence-electron chi connectivity index (χ1n) is 9.41. The molecule has 9 nitrogen and oxygen atoms in total. The summed E-state index contributed by atoms with van der Waals surface area (Å²) in [5, 5.41) is 6.94. The minimum absolute atomic E-state index is 0.0112. The third-order valence-electron chi connectivity index (χ3n) is 5.23. The summed E-state index contributed by atoms with van der Waals surface area (Å²) in [5.41, 5.74) is 7.48. The zero-order chi connectivity index (χ0) is 19.7. The van der Waals surface area contributed by atoms with E-state index in [0.29, 0.717) is 44.0 Å². The van der Waals surface area contributed by atoms with Crippen molar-refractivity contribution in [2.75, 3.05) is 13.1 Å². The summed E-state index contributed by atoms with van der Waals surface area (Å²) in [6.45, 7) is 2.52. The maximum Gasteiger partial charge on any atom is 0.223 e. The molecule has 4 rings (SSSR count). The predicted octanol–water partition coefficient (Wildman–Crippen LogP) is 1.04. The minimum Gasteiger partial charge on any atom is -0.369 e. The van der Waals surface area contributed by atoms with Gasteiger partial charge in [0.2, 0.25) is 11.8 Å². The molecule has 2 aromatic heterocycles. The van der Waals surface area contributed by atoms with Gasteiger partial charge in [-0.1, -0.05) is 12.1 Å². The van der Waals surface area contributed by atoms with Crippen molar-refractivity contribution < 1.29 is 9.59 Å². The van der Waals surface area contributed by atoms with Crippen molar-refractivity contribution in [3.63, 3.8) is 0 Å². The van der Waals surface area contributed by atoms with E-state index in [0.717, 1.165) is 16.9 Å². The number of hydrogen-bond donors (Lipinski definition) is 3. The van der Waals surface area contributed by atoms with Crippen molar-refractivity contribution in [1.82, 2.24) is 30.0 Å². The Hall–Kier alpha value is -3.23. The molecule has 1 saturated heterocycles. The van der Waals surface area contributed by atoms with E-state index >= 15 is 0 Å². The molecule has 0 saturated carbocycles. The number of imidazole rings is 1. The molecular weight excluding hydrogens is 358 g/mol. The van der Waals surface area contributed by atoms with Crippen molar-refractivity contribution in [1.29, 1.82) is 0 Å². The summed E-state index contributed by atoms with van der Waals surface area (Å²) >= 11 is 0. The van der Waals surface area contributed by atoms with E-state index in [1.165, 1.54) is 0 Å². The number of benzene rings is 1. The summed E-state index contributed by atoms with van der Waals surface area (Å²) in [5.74, 6) is 0.950. The van der Waals surface area contributed by atoms with Gasteiger partial charge < -0.3 is 15.6 Å². The molecule has 3 heterocycles. The highest BCUT2D eigenvalue weighted by atomic mass is 16.2. The van der Waals surface area contributed by atoms with Gasteiger partial charge in [0, 0.05) is 25.9 Å². The van der Waals surface area contributed by atoms with Gasteiger partial charge in [-0.05, 0) is 25.5 Å². The number of primary amides is 1. The number of carbonyl (C=O) groups is 2. The summed E-state index contributed by atoms with van der Waals surface area (Å²) in [6.07, 6.45) is 1.76. The number of rotatable bonds is 6. The summed E-state index contributed by atoms with van der Waals surface area (Å²) in [7, 11) is 0. The zero-order valence-corrected chi connectivity index (χ0v) is 15.7. The number of nitrogens with one attached hydrogen (secondary N) is 2. The number of likely N-dealkylation sites (tertiary alicyclic amines) is 1. The van der Waals surface area contributed by atoms with Gasteiger partial charge in [0.1, 0.15) is 11.6 Å². The fourth-order valence-corrected chi connectivity index (χ4v) is 3.77. The monoisotopic (exact) mass is 381 g/mol. The van der Waals surface area contributed by atoms with Gasteiger partial charge >= 0.3 is 0 Å².